The van der Waals surface area contributed by atoms with Crippen molar-refractivity contribution in [2.75, 3.05) is 18.2 Å². The Bertz CT molecular complexity index is 534. The van der Waals surface area contributed by atoms with Crippen LogP contribution in [0.2, 0.25) is 0 Å². The number of aromatic nitrogens is 3. The first-order chi connectivity index (χ1) is 8.19. The van der Waals surface area contributed by atoms with Crippen LogP contribution in [0.4, 0.5) is 17.6 Å². The zero-order chi connectivity index (χ0) is 12.3. The summed E-state index contributed by atoms with van der Waals surface area (Å²) in [5.41, 5.74) is 6.45. The zero-order valence-corrected chi connectivity index (χ0v) is 11.2. The number of nitrogens with one attached hydrogen (secondary N) is 1. The molecule has 0 amide bonds. The van der Waals surface area contributed by atoms with E-state index in [1.54, 1.807) is 0 Å². The summed E-state index contributed by atoms with van der Waals surface area (Å²) >= 11 is 2.22. The molecule has 7 heteroatoms. The molecule has 0 aliphatic rings. The first kappa shape index (κ1) is 11.8. The van der Waals surface area contributed by atoms with E-state index in [0.717, 1.165) is 9.26 Å². The lowest BCUT2D eigenvalue weighted by atomic mass is 10.3. The maximum Gasteiger partial charge on any atom is 0.322 e. The van der Waals surface area contributed by atoms with Gasteiger partial charge in [-0.1, -0.05) is 12.1 Å². The molecule has 1 heterocycles. The van der Waals surface area contributed by atoms with Gasteiger partial charge in [0, 0.05) is 3.57 Å². The van der Waals surface area contributed by atoms with Crippen LogP contribution in [0.5, 0.6) is 6.01 Å². The van der Waals surface area contributed by atoms with Gasteiger partial charge in [-0.05, 0) is 34.7 Å². The van der Waals surface area contributed by atoms with Crippen LogP contribution in [0.15, 0.2) is 24.3 Å². The number of nitrogens with zero attached hydrogens (tertiary/aromatic N) is 3. The molecule has 0 bridgehead atoms. The van der Waals surface area contributed by atoms with Gasteiger partial charge < -0.3 is 15.8 Å². The lowest BCUT2D eigenvalue weighted by Crippen LogP contribution is -2.05. The van der Waals surface area contributed by atoms with Gasteiger partial charge in [-0.15, -0.1) is 0 Å². The minimum absolute atomic E-state index is 0.116. The molecule has 1 aromatic heterocycles. The number of hydrogen-bond acceptors (Lipinski definition) is 6. The molecule has 0 radical (unpaired) electrons. The number of methoxy groups -OCH3 is 1. The van der Waals surface area contributed by atoms with E-state index >= 15 is 0 Å². The van der Waals surface area contributed by atoms with Crippen molar-refractivity contribution >= 4 is 40.2 Å². The van der Waals surface area contributed by atoms with Crippen molar-refractivity contribution in [3.05, 3.63) is 27.8 Å². The average Bonchev–Trinajstić information content (AvgIpc) is 2.31. The molecule has 0 aliphatic heterocycles. The number of para-hydroxylation sites is 1. The van der Waals surface area contributed by atoms with Gasteiger partial charge in [0.2, 0.25) is 11.9 Å². The number of ether oxygens (including phenoxy) is 1. The van der Waals surface area contributed by atoms with Crippen LogP contribution in [-0.4, -0.2) is 22.1 Å². The maximum atomic E-state index is 5.54. The van der Waals surface area contributed by atoms with Gasteiger partial charge in [0.15, 0.2) is 0 Å². The van der Waals surface area contributed by atoms with Crippen molar-refractivity contribution in [3.8, 4) is 6.01 Å². The van der Waals surface area contributed by atoms with Crippen LogP contribution in [-0.2, 0) is 0 Å². The van der Waals surface area contributed by atoms with E-state index in [9.17, 15) is 0 Å². The van der Waals surface area contributed by atoms with E-state index in [4.69, 9.17) is 10.5 Å². The van der Waals surface area contributed by atoms with Crippen LogP contribution < -0.4 is 15.8 Å². The Labute approximate surface area is 112 Å². The molecule has 1 aromatic carbocycles. The first-order valence-electron chi connectivity index (χ1n) is 4.76. The van der Waals surface area contributed by atoms with Gasteiger partial charge in [-0.25, -0.2) is 0 Å². The molecule has 0 spiro atoms. The van der Waals surface area contributed by atoms with Gasteiger partial charge in [0.05, 0.1) is 12.8 Å². The molecule has 3 N–H and O–H groups in total. The van der Waals surface area contributed by atoms with Crippen molar-refractivity contribution < 1.29 is 4.74 Å². The fourth-order valence-electron chi connectivity index (χ4n) is 1.20. The number of hydrogen-bond donors (Lipinski definition) is 2. The Balaban J connectivity index is 2.30. The fraction of sp³-hybridized carbons (Fsp3) is 0.100. The molecule has 0 saturated heterocycles. The Morgan fingerprint density at radius 2 is 2.00 bits per heavy atom. The minimum Gasteiger partial charge on any atom is -0.467 e. The molecular formula is C10H10IN5O. The smallest absolute Gasteiger partial charge is 0.322 e. The minimum atomic E-state index is 0.116. The van der Waals surface area contributed by atoms with Crippen molar-refractivity contribution in [3.63, 3.8) is 0 Å². The summed E-state index contributed by atoms with van der Waals surface area (Å²) < 4.78 is 5.98. The summed E-state index contributed by atoms with van der Waals surface area (Å²) in [5.74, 6) is 0.476. The quantitative estimate of drug-likeness (QED) is 0.827. The molecule has 88 valence electrons. The van der Waals surface area contributed by atoms with Gasteiger partial charge in [-0.3, -0.25) is 0 Å². The Morgan fingerprint density at radius 3 is 2.71 bits per heavy atom. The van der Waals surface area contributed by atoms with E-state index in [2.05, 4.69) is 42.9 Å². The SMILES string of the molecule is COc1nc(N)nc(Nc2ccccc2I)n1. The van der Waals surface area contributed by atoms with E-state index in [1.165, 1.54) is 7.11 Å². The largest absolute Gasteiger partial charge is 0.467 e. The second-order valence-electron chi connectivity index (χ2n) is 3.11. The summed E-state index contributed by atoms with van der Waals surface area (Å²) in [7, 11) is 1.48. The number of rotatable bonds is 3. The third kappa shape index (κ3) is 2.93. The predicted molar refractivity (Wildman–Crippen MR) is 73.2 cm³/mol. The molecule has 0 aliphatic carbocycles. The zero-order valence-electron chi connectivity index (χ0n) is 9.01. The molecule has 0 unspecified atom stereocenters. The van der Waals surface area contributed by atoms with Crippen molar-refractivity contribution in [1.82, 2.24) is 15.0 Å². The van der Waals surface area contributed by atoms with Gasteiger partial charge in [0.25, 0.3) is 0 Å². The van der Waals surface area contributed by atoms with E-state index in [0.29, 0.717) is 5.95 Å². The number of halogens is 1. The lowest BCUT2D eigenvalue weighted by Gasteiger charge is -2.07. The molecule has 17 heavy (non-hydrogen) atoms. The Hall–Kier alpha value is -1.64. The summed E-state index contributed by atoms with van der Waals surface area (Å²) in [6, 6.07) is 7.96. The lowest BCUT2D eigenvalue weighted by molar-refractivity contribution is 0.380. The maximum absolute atomic E-state index is 5.54. The van der Waals surface area contributed by atoms with Crippen LogP contribution in [0, 0.1) is 3.57 Å². The fourth-order valence-corrected chi connectivity index (χ4v) is 1.72. The van der Waals surface area contributed by atoms with Gasteiger partial charge in [-0.2, -0.15) is 15.0 Å². The summed E-state index contributed by atoms with van der Waals surface area (Å²) in [5, 5.41) is 3.06. The topological polar surface area (TPSA) is 86.0 Å². The highest BCUT2D eigenvalue weighted by Crippen LogP contribution is 2.21. The van der Waals surface area contributed by atoms with Gasteiger partial charge in [0.1, 0.15) is 0 Å². The summed E-state index contributed by atoms with van der Waals surface area (Å²) in [4.78, 5) is 11.8. The molecular weight excluding hydrogens is 333 g/mol. The molecule has 0 saturated carbocycles. The Kier molecular flexibility index (Phi) is 3.57. The van der Waals surface area contributed by atoms with E-state index in [1.807, 2.05) is 24.3 Å². The molecule has 6 nitrogen and oxygen atoms in total. The van der Waals surface area contributed by atoms with Crippen molar-refractivity contribution in [1.29, 1.82) is 0 Å². The summed E-state index contributed by atoms with van der Waals surface area (Å²) in [6.07, 6.45) is 0. The van der Waals surface area contributed by atoms with Crippen LogP contribution in [0.25, 0.3) is 0 Å². The Morgan fingerprint density at radius 1 is 1.24 bits per heavy atom. The predicted octanol–water partition coefficient (Wildman–Crippen LogP) is 1.81. The molecule has 2 rings (SSSR count). The normalized spacial score (nSPS) is 10.0. The number of benzene rings is 1. The average molecular weight is 343 g/mol. The summed E-state index contributed by atoms with van der Waals surface area (Å²) in [6.45, 7) is 0. The number of nitrogens with two attached hydrogens (primary N) is 1. The highest BCUT2D eigenvalue weighted by molar-refractivity contribution is 14.1. The monoisotopic (exact) mass is 343 g/mol. The molecule has 0 atom stereocenters. The standard InChI is InChI=1S/C10H10IN5O/c1-17-10-15-8(12)14-9(16-10)13-7-5-3-2-4-6(7)11/h2-5H,1H3,(H3,12,13,14,15,16). The second-order valence-corrected chi connectivity index (χ2v) is 4.27. The van der Waals surface area contributed by atoms with E-state index < -0.39 is 0 Å². The highest BCUT2D eigenvalue weighted by Gasteiger charge is 2.06. The van der Waals surface area contributed by atoms with Crippen LogP contribution in [0.1, 0.15) is 0 Å². The van der Waals surface area contributed by atoms with Crippen LogP contribution in [0.3, 0.4) is 0 Å². The second kappa shape index (κ2) is 5.13. The van der Waals surface area contributed by atoms with Gasteiger partial charge >= 0.3 is 6.01 Å². The first-order valence-corrected chi connectivity index (χ1v) is 5.84. The van der Waals surface area contributed by atoms with Crippen LogP contribution >= 0.6 is 22.6 Å². The third-order valence-corrected chi connectivity index (χ3v) is 2.88. The van der Waals surface area contributed by atoms with E-state index in [-0.39, 0.29) is 12.0 Å². The number of anilines is 3. The molecule has 2 aromatic rings. The highest BCUT2D eigenvalue weighted by atomic mass is 127. The van der Waals surface area contributed by atoms with Crippen molar-refractivity contribution in [2.24, 2.45) is 0 Å². The third-order valence-electron chi connectivity index (χ3n) is 1.94. The number of nitrogen functional groups attached to an aromatic ring is 1. The van der Waals surface area contributed by atoms with Crippen molar-refractivity contribution in [2.45, 2.75) is 0 Å². The molecule has 0 fully saturated rings.